The summed E-state index contributed by atoms with van der Waals surface area (Å²) in [7, 11) is 2.10. The maximum absolute atomic E-state index is 10.6. The third kappa shape index (κ3) is 2.61. The summed E-state index contributed by atoms with van der Waals surface area (Å²) in [6, 6.07) is 0. The summed E-state index contributed by atoms with van der Waals surface area (Å²) >= 11 is 0. The van der Waals surface area contributed by atoms with Crippen LogP contribution in [-0.2, 0) is 6.42 Å². The van der Waals surface area contributed by atoms with Crippen molar-refractivity contribution in [1.82, 2.24) is 9.88 Å². The third-order valence-corrected chi connectivity index (χ3v) is 2.95. The van der Waals surface area contributed by atoms with Crippen molar-refractivity contribution < 1.29 is 14.3 Å². The van der Waals surface area contributed by atoms with Gasteiger partial charge in [-0.3, -0.25) is 0 Å². The van der Waals surface area contributed by atoms with Gasteiger partial charge in [-0.1, -0.05) is 0 Å². The van der Waals surface area contributed by atoms with Gasteiger partial charge in [-0.15, -0.1) is 0 Å². The average molecular weight is 224 g/mol. The predicted molar refractivity (Wildman–Crippen MR) is 57.4 cm³/mol. The Bertz CT molecular complexity index is 375. The molecular weight excluding hydrogens is 208 g/mol. The number of carboxylic acids is 1. The van der Waals surface area contributed by atoms with Crippen molar-refractivity contribution >= 4 is 5.97 Å². The van der Waals surface area contributed by atoms with Crippen LogP contribution in [0.4, 0.5) is 0 Å². The van der Waals surface area contributed by atoms with Crippen molar-refractivity contribution in [3.8, 4) is 0 Å². The molecular formula is C11H16N2O3. The van der Waals surface area contributed by atoms with Crippen LogP contribution in [0.5, 0.6) is 0 Å². The van der Waals surface area contributed by atoms with Gasteiger partial charge in [0.2, 0.25) is 5.76 Å². The van der Waals surface area contributed by atoms with E-state index in [2.05, 4.69) is 16.9 Å². The molecule has 1 aromatic heterocycles. The SMILES string of the molecule is CN1CCCC(Cc2ncc(C(=O)O)o2)C1. The van der Waals surface area contributed by atoms with E-state index in [9.17, 15) is 4.79 Å². The fourth-order valence-corrected chi connectivity index (χ4v) is 2.19. The molecule has 0 saturated carbocycles. The number of hydrogen-bond donors (Lipinski definition) is 1. The fraction of sp³-hybridized carbons (Fsp3) is 0.636. The molecule has 0 amide bonds. The zero-order valence-electron chi connectivity index (χ0n) is 9.35. The second kappa shape index (κ2) is 4.65. The lowest BCUT2D eigenvalue weighted by molar-refractivity contribution is 0.0659. The Morgan fingerprint density at radius 1 is 1.75 bits per heavy atom. The van der Waals surface area contributed by atoms with Crippen molar-refractivity contribution in [3.63, 3.8) is 0 Å². The van der Waals surface area contributed by atoms with Gasteiger partial charge in [-0.2, -0.15) is 0 Å². The van der Waals surface area contributed by atoms with E-state index < -0.39 is 5.97 Å². The Morgan fingerprint density at radius 3 is 3.19 bits per heavy atom. The van der Waals surface area contributed by atoms with Crippen LogP contribution in [0.15, 0.2) is 10.6 Å². The molecule has 1 unspecified atom stereocenters. The molecule has 1 aliphatic heterocycles. The first-order valence-electron chi connectivity index (χ1n) is 5.51. The van der Waals surface area contributed by atoms with Crippen LogP contribution in [0.3, 0.4) is 0 Å². The van der Waals surface area contributed by atoms with Gasteiger partial charge < -0.3 is 14.4 Å². The summed E-state index contributed by atoms with van der Waals surface area (Å²) in [6.07, 6.45) is 4.37. The zero-order valence-corrected chi connectivity index (χ0v) is 9.35. The molecule has 0 radical (unpaired) electrons. The summed E-state index contributed by atoms with van der Waals surface area (Å²) < 4.78 is 5.15. The number of carboxylic acid groups (broad SMARTS) is 1. The van der Waals surface area contributed by atoms with E-state index in [1.165, 1.54) is 12.6 Å². The topological polar surface area (TPSA) is 66.6 Å². The molecule has 0 aromatic carbocycles. The second-order valence-electron chi connectivity index (χ2n) is 4.40. The first-order valence-corrected chi connectivity index (χ1v) is 5.51. The normalized spacial score (nSPS) is 22.2. The first-order chi connectivity index (χ1) is 7.65. The minimum atomic E-state index is -1.06. The summed E-state index contributed by atoms with van der Waals surface area (Å²) in [5.41, 5.74) is 0. The van der Waals surface area contributed by atoms with Crippen LogP contribution in [0.25, 0.3) is 0 Å². The number of likely N-dealkylation sites (tertiary alicyclic amines) is 1. The van der Waals surface area contributed by atoms with E-state index in [0.717, 1.165) is 25.9 Å². The Labute approximate surface area is 94.1 Å². The molecule has 1 N–H and O–H groups in total. The van der Waals surface area contributed by atoms with E-state index >= 15 is 0 Å². The lowest BCUT2D eigenvalue weighted by Gasteiger charge is -2.28. The van der Waals surface area contributed by atoms with Crippen LogP contribution in [-0.4, -0.2) is 41.1 Å². The highest BCUT2D eigenvalue weighted by atomic mass is 16.4. The predicted octanol–water partition coefficient (Wildman–Crippen LogP) is 1.26. The molecule has 1 atom stereocenters. The summed E-state index contributed by atoms with van der Waals surface area (Å²) in [6.45, 7) is 2.17. The smallest absolute Gasteiger partial charge is 0.373 e. The number of aromatic carboxylic acids is 1. The Hall–Kier alpha value is -1.36. The van der Waals surface area contributed by atoms with Crippen molar-refractivity contribution in [2.75, 3.05) is 20.1 Å². The molecule has 1 saturated heterocycles. The molecule has 16 heavy (non-hydrogen) atoms. The highest BCUT2D eigenvalue weighted by molar-refractivity contribution is 5.83. The van der Waals surface area contributed by atoms with Crippen molar-refractivity contribution in [3.05, 3.63) is 17.8 Å². The number of oxazole rings is 1. The van der Waals surface area contributed by atoms with Gasteiger partial charge in [-0.05, 0) is 32.4 Å². The van der Waals surface area contributed by atoms with Gasteiger partial charge in [0.05, 0.1) is 6.20 Å². The van der Waals surface area contributed by atoms with Gasteiger partial charge in [0, 0.05) is 13.0 Å². The summed E-state index contributed by atoms with van der Waals surface area (Å²) in [5.74, 6) is -0.0598. The summed E-state index contributed by atoms with van der Waals surface area (Å²) in [5, 5.41) is 8.70. The van der Waals surface area contributed by atoms with E-state index in [4.69, 9.17) is 9.52 Å². The van der Waals surface area contributed by atoms with Gasteiger partial charge in [0.15, 0.2) is 5.89 Å². The number of rotatable bonds is 3. The van der Waals surface area contributed by atoms with Gasteiger partial charge >= 0.3 is 5.97 Å². The summed E-state index contributed by atoms with van der Waals surface area (Å²) in [4.78, 5) is 16.9. The molecule has 2 rings (SSSR count). The molecule has 0 spiro atoms. The second-order valence-corrected chi connectivity index (χ2v) is 4.40. The van der Waals surface area contributed by atoms with Gasteiger partial charge in [0.1, 0.15) is 0 Å². The molecule has 5 heteroatoms. The molecule has 1 aliphatic rings. The fourth-order valence-electron chi connectivity index (χ4n) is 2.19. The van der Waals surface area contributed by atoms with Crippen molar-refractivity contribution in [1.29, 1.82) is 0 Å². The average Bonchev–Trinajstić information content (AvgIpc) is 2.66. The van der Waals surface area contributed by atoms with E-state index in [1.54, 1.807) is 0 Å². The van der Waals surface area contributed by atoms with Crippen molar-refractivity contribution in [2.24, 2.45) is 5.92 Å². The Balaban J connectivity index is 1.95. The number of nitrogens with zero attached hydrogens (tertiary/aromatic N) is 2. The molecule has 0 aliphatic carbocycles. The number of piperidine rings is 1. The van der Waals surface area contributed by atoms with Gasteiger partial charge in [0.25, 0.3) is 0 Å². The standard InChI is InChI=1S/C11H16N2O3/c1-13-4-2-3-8(7-13)5-10-12-6-9(16-10)11(14)15/h6,8H,2-5,7H2,1H3,(H,14,15). The number of hydrogen-bond acceptors (Lipinski definition) is 4. The quantitative estimate of drug-likeness (QED) is 0.837. The molecule has 0 bridgehead atoms. The monoisotopic (exact) mass is 224 g/mol. The zero-order chi connectivity index (χ0) is 11.5. The molecule has 1 aromatic rings. The van der Waals surface area contributed by atoms with Crippen LogP contribution in [0.1, 0.15) is 29.3 Å². The lowest BCUT2D eigenvalue weighted by atomic mass is 9.95. The molecule has 88 valence electrons. The number of aromatic nitrogens is 1. The van der Waals surface area contributed by atoms with E-state index in [1.807, 2.05) is 0 Å². The first kappa shape index (κ1) is 11.1. The van der Waals surface area contributed by atoms with Gasteiger partial charge in [-0.25, -0.2) is 9.78 Å². The molecule has 5 nitrogen and oxygen atoms in total. The highest BCUT2D eigenvalue weighted by Crippen LogP contribution is 2.19. The van der Waals surface area contributed by atoms with Crippen LogP contribution < -0.4 is 0 Å². The highest BCUT2D eigenvalue weighted by Gasteiger charge is 2.20. The largest absolute Gasteiger partial charge is 0.475 e. The maximum Gasteiger partial charge on any atom is 0.373 e. The Morgan fingerprint density at radius 2 is 2.56 bits per heavy atom. The van der Waals surface area contributed by atoms with E-state index in [-0.39, 0.29) is 5.76 Å². The van der Waals surface area contributed by atoms with Crippen molar-refractivity contribution in [2.45, 2.75) is 19.3 Å². The molecule has 1 fully saturated rings. The third-order valence-electron chi connectivity index (χ3n) is 2.95. The minimum Gasteiger partial charge on any atom is -0.475 e. The van der Waals surface area contributed by atoms with Crippen LogP contribution >= 0.6 is 0 Å². The van der Waals surface area contributed by atoms with Crippen LogP contribution in [0.2, 0.25) is 0 Å². The molecule has 2 heterocycles. The Kier molecular flexibility index (Phi) is 3.24. The number of carbonyl (C=O) groups is 1. The van der Waals surface area contributed by atoms with Crippen LogP contribution in [0, 0.1) is 5.92 Å². The van der Waals surface area contributed by atoms with E-state index in [0.29, 0.717) is 11.8 Å². The minimum absolute atomic E-state index is 0.0702. The lowest BCUT2D eigenvalue weighted by Crippen LogP contribution is -2.33. The maximum atomic E-state index is 10.6.